The summed E-state index contributed by atoms with van der Waals surface area (Å²) in [7, 11) is 0. The van der Waals surface area contributed by atoms with E-state index < -0.39 is 30.7 Å². The number of ether oxygens (including phenoxy) is 2. The third kappa shape index (κ3) is 3.12. The average molecular weight is 220 g/mol. The zero-order chi connectivity index (χ0) is 11.4. The third-order valence-electron chi connectivity index (χ3n) is 2.59. The molecule has 3 N–H and O–H groups in total. The molecule has 0 aromatic heterocycles. The first-order chi connectivity index (χ1) is 7.07. The van der Waals surface area contributed by atoms with Gasteiger partial charge in [-0.15, -0.1) is 0 Å². The van der Waals surface area contributed by atoms with Gasteiger partial charge in [0.15, 0.2) is 6.29 Å². The van der Waals surface area contributed by atoms with Crippen LogP contribution >= 0.6 is 0 Å². The Labute approximate surface area is 89.6 Å². The Kier molecular flexibility index (Phi) is 4.95. The van der Waals surface area contributed by atoms with Crippen LogP contribution in [-0.4, -0.2) is 52.6 Å². The van der Waals surface area contributed by atoms with Gasteiger partial charge in [-0.2, -0.15) is 0 Å². The average Bonchev–Trinajstić information content (AvgIpc) is 2.23. The Morgan fingerprint density at radius 3 is 2.40 bits per heavy atom. The number of aliphatic hydroxyl groups is 3. The van der Waals surface area contributed by atoms with E-state index in [9.17, 15) is 15.3 Å². The van der Waals surface area contributed by atoms with Crippen LogP contribution in [0, 0.1) is 0 Å². The van der Waals surface area contributed by atoms with Crippen molar-refractivity contribution in [3.05, 3.63) is 0 Å². The van der Waals surface area contributed by atoms with Crippen LogP contribution in [0.5, 0.6) is 0 Å². The van der Waals surface area contributed by atoms with Crippen LogP contribution in [-0.2, 0) is 9.47 Å². The summed E-state index contributed by atoms with van der Waals surface area (Å²) in [6.07, 6.45) is -2.97. The normalized spacial score (nSPS) is 41.8. The summed E-state index contributed by atoms with van der Waals surface area (Å²) >= 11 is 0. The van der Waals surface area contributed by atoms with Crippen LogP contribution < -0.4 is 0 Å². The van der Waals surface area contributed by atoms with Crippen LogP contribution in [0.2, 0.25) is 0 Å². The second kappa shape index (κ2) is 5.77. The molecule has 0 bridgehead atoms. The fourth-order valence-corrected chi connectivity index (χ4v) is 1.49. The molecule has 15 heavy (non-hydrogen) atoms. The highest BCUT2D eigenvalue weighted by atomic mass is 16.7. The Bertz CT molecular complexity index is 187. The summed E-state index contributed by atoms with van der Waals surface area (Å²) < 4.78 is 10.5. The second-order valence-electron chi connectivity index (χ2n) is 3.91. The van der Waals surface area contributed by atoms with Crippen molar-refractivity contribution in [1.82, 2.24) is 0 Å². The highest BCUT2D eigenvalue weighted by molar-refractivity contribution is 4.87. The quantitative estimate of drug-likeness (QED) is 0.563. The molecule has 1 fully saturated rings. The van der Waals surface area contributed by atoms with Crippen LogP contribution in [0.4, 0.5) is 0 Å². The molecule has 0 aliphatic carbocycles. The molecule has 2 unspecified atom stereocenters. The van der Waals surface area contributed by atoms with E-state index in [-0.39, 0.29) is 0 Å². The maximum Gasteiger partial charge on any atom is 0.186 e. The van der Waals surface area contributed by atoms with Crippen molar-refractivity contribution < 1.29 is 24.8 Å². The predicted molar refractivity (Wildman–Crippen MR) is 53.2 cm³/mol. The lowest BCUT2D eigenvalue weighted by atomic mass is 10.0. The van der Waals surface area contributed by atoms with Gasteiger partial charge in [-0.05, 0) is 13.3 Å². The van der Waals surface area contributed by atoms with Crippen molar-refractivity contribution >= 4 is 0 Å². The van der Waals surface area contributed by atoms with Crippen molar-refractivity contribution in [2.24, 2.45) is 0 Å². The zero-order valence-corrected chi connectivity index (χ0v) is 9.17. The van der Waals surface area contributed by atoms with Gasteiger partial charge in [0.25, 0.3) is 0 Å². The summed E-state index contributed by atoms with van der Waals surface area (Å²) in [6, 6.07) is 0. The van der Waals surface area contributed by atoms with Gasteiger partial charge in [-0.25, -0.2) is 0 Å². The zero-order valence-electron chi connectivity index (χ0n) is 9.17. The number of rotatable bonds is 4. The molecule has 90 valence electrons. The number of unbranched alkanes of at least 4 members (excludes halogenated alkanes) is 1. The third-order valence-corrected chi connectivity index (χ3v) is 2.59. The minimum Gasteiger partial charge on any atom is -0.388 e. The molecule has 0 spiro atoms. The summed E-state index contributed by atoms with van der Waals surface area (Å²) in [4.78, 5) is 0. The maximum absolute atomic E-state index is 9.56. The Morgan fingerprint density at radius 1 is 1.13 bits per heavy atom. The van der Waals surface area contributed by atoms with E-state index in [0.717, 1.165) is 12.8 Å². The lowest BCUT2D eigenvalue weighted by Crippen LogP contribution is -2.57. The van der Waals surface area contributed by atoms with Gasteiger partial charge in [0.05, 0.1) is 6.10 Å². The largest absolute Gasteiger partial charge is 0.388 e. The van der Waals surface area contributed by atoms with E-state index in [1.54, 1.807) is 6.92 Å². The van der Waals surface area contributed by atoms with Crippen LogP contribution in [0.1, 0.15) is 26.7 Å². The van der Waals surface area contributed by atoms with Gasteiger partial charge in [0.2, 0.25) is 0 Å². The van der Waals surface area contributed by atoms with Crippen molar-refractivity contribution in [1.29, 1.82) is 0 Å². The van der Waals surface area contributed by atoms with E-state index in [1.807, 2.05) is 6.92 Å². The molecule has 0 amide bonds. The molecule has 0 radical (unpaired) electrons. The van der Waals surface area contributed by atoms with Gasteiger partial charge in [0.1, 0.15) is 18.3 Å². The van der Waals surface area contributed by atoms with Crippen molar-refractivity contribution in [2.75, 3.05) is 6.61 Å². The lowest BCUT2D eigenvalue weighted by molar-refractivity contribution is -0.293. The number of hydrogen-bond acceptors (Lipinski definition) is 5. The Balaban J connectivity index is 2.43. The molecule has 1 heterocycles. The SMILES string of the molecule is CCCCO[C@@H]1OC(C)[C@@H](O)C(O)[C@@H]1O. The highest BCUT2D eigenvalue weighted by Gasteiger charge is 2.42. The number of aliphatic hydroxyl groups excluding tert-OH is 3. The van der Waals surface area contributed by atoms with E-state index in [4.69, 9.17) is 9.47 Å². The van der Waals surface area contributed by atoms with Gasteiger partial charge in [-0.1, -0.05) is 13.3 Å². The van der Waals surface area contributed by atoms with E-state index >= 15 is 0 Å². The maximum atomic E-state index is 9.56. The second-order valence-corrected chi connectivity index (χ2v) is 3.91. The summed E-state index contributed by atoms with van der Waals surface area (Å²) in [6.45, 7) is 4.15. The van der Waals surface area contributed by atoms with E-state index in [2.05, 4.69) is 0 Å². The minimum absolute atomic E-state index is 0.480. The molecule has 0 saturated carbocycles. The molecule has 5 heteroatoms. The first kappa shape index (κ1) is 12.9. The summed E-state index contributed by atoms with van der Waals surface area (Å²) in [5.41, 5.74) is 0. The molecule has 1 aliphatic heterocycles. The van der Waals surface area contributed by atoms with Gasteiger partial charge in [0, 0.05) is 6.61 Å². The standard InChI is InChI=1S/C10H20O5/c1-3-4-5-14-10-9(13)8(12)7(11)6(2)15-10/h6-13H,3-5H2,1-2H3/t6?,7-,8?,9+,10-/m1/s1. The van der Waals surface area contributed by atoms with Crippen molar-refractivity contribution in [3.63, 3.8) is 0 Å². The molecule has 5 nitrogen and oxygen atoms in total. The van der Waals surface area contributed by atoms with E-state index in [0.29, 0.717) is 6.61 Å². The highest BCUT2D eigenvalue weighted by Crippen LogP contribution is 2.21. The molecule has 1 rings (SSSR count). The van der Waals surface area contributed by atoms with Crippen molar-refractivity contribution in [2.45, 2.75) is 57.4 Å². The number of hydrogen-bond donors (Lipinski definition) is 3. The fourth-order valence-electron chi connectivity index (χ4n) is 1.49. The Hall–Kier alpha value is -0.200. The van der Waals surface area contributed by atoms with E-state index in [1.165, 1.54) is 0 Å². The van der Waals surface area contributed by atoms with Crippen LogP contribution in [0.3, 0.4) is 0 Å². The van der Waals surface area contributed by atoms with Gasteiger partial charge in [-0.3, -0.25) is 0 Å². The molecule has 5 atom stereocenters. The first-order valence-corrected chi connectivity index (χ1v) is 5.39. The molecule has 1 saturated heterocycles. The monoisotopic (exact) mass is 220 g/mol. The van der Waals surface area contributed by atoms with Gasteiger partial charge >= 0.3 is 0 Å². The summed E-state index contributed by atoms with van der Waals surface area (Å²) in [5, 5.41) is 28.5. The Morgan fingerprint density at radius 2 is 1.80 bits per heavy atom. The topological polar surface area (TPSA) is 79.2 Å². The smallest absolute Gasteiger partial charge is 0.186 e. The predicted octanol–water partition coefficient (Wildman–Crippen LogP) is -0.369. The van der Waals surface area contributed by atoms with Crippen LogP contribution in [0.25, 0.3) is 0 Å². The lowest BCUT2D eigenvalue weighted by Gasteiger charge is -2.38. The van der Waals surface area contributed by atoms with Crippen LogP contribution in [0.15, 0.2) is 0 Å². The molecule has 1 aliphatic rings. The molecule has 0 aromatic carbocycles. The molecule has 0 aromatic rings. The molecular formula is C10H20O5. The fraction of sp³-hybridized carbons (Fsp3) is 1.00. The molecular weight excluding hydrogens is 200 g/mol. The minimum atomic E-state index is -1.21. The summed E-state index contributed by atoms with van der Waals surface area (Å²) in [5.74, 6) is 0. The van der Waals surface area contributed by atoms with Gasteiger partial charge < -0.3 is 24.8 Å². The first-order valence-electron chi connectivity index (χ1n) is 5.39. The van der Waals surface area contributed by atoms with Crippen molar-refractivity contribution in [3.8, 4) is 0 Å².